The van der Waals surface area contributed by atoms with E-state index in [1.54, 1.807) is 6.20 Å². The first-order chi connectivity index (χ1) is 10.3. The Labute approximate surface area is 122 Å². The third-order valence-corrected chi connectivity index (χ3v) is 3.15. The number of rotatable bonds is 5. The van der Waals surface area contributed by atoms with Gasteiger partial charge in [-0.15, -0.1) is 0 Å². The normalized spacial score (nSPS) is 10.7. The molecule has 0 aliphatic rings. The minimum absolute atomic E-state index is 0.586. The van der Waals surface area contributed by atoms with Crippen molar-refractivity contribution in [1.82, 2.24) is 15.1 Å². The van der Waals surface area contributed by atoms with E-state index in [1.165, 1.54) is 5.56 Å². The first-order valence-electron chi connectivity index (χ1n) is 6.85. The summed E-state index contributed by atoms with van der Waals surface area (Å²) in [6.07, 6.45) is 3.88. The molecule has 0 fully saturated rings. The molecule has 2 heterocycles. The van der Waals surface area contributed by atoms with E-state index in [-0.39, 0.29) is 0 Å². The second kappa shape index (κ2) is 6.17. The summed E-state index contributed by atoms with van der Waals surface area (Å²) in [6.45, 7) is 0. The quantitative estimate of drug-likeness (QED) is 0.726. The Morgan fingerprint density at radius 1 is 1.05 bits per heavy atom. The number of nitrogens with two attached hydrogens (primary N) is 1. The van der Waals surface area contributed by atoms with Crippen LogP contribution in [-0.2, 0) is 19.3 Å². The molecule has 106 valence electrons. The topological polar surface area (TPSA) is 77.8 Å². The Balaban J connectivity index is 1.60. The Bertz CT molecular complexity index is 709. The molecule has 1 aromatic carbocycles. The zero-order chi connectivity index (χ0) is 14.5. The Morgan fingerprint density at radius 3 is 2.81 bits per heavy atom. The highest BCUT2D eigenvalue weighted by molar-refractivity contribution is 5.40. The maximum Gasteiger partial charge on any atom is 0.226 e. The van der Waals surface area contributed by atoms with Gasteiger partial charge in [-0.25, -0.2) is 0 Å². The average Bonchev–Trinajstić information content (AvgIpc) is 2.94. The molecule has 0 atom stereocenters. The number of aromatic nitrogens is 3. The third kappa shape index (κ3) is 3.66. The van der Waals surface area contributed by atoms with Gasteiger partial charge in [0.05, 0.1) is 6.42 Å². The summed E-state index contributed by atoms with van der Waals surface area (Å²) >= 11 is 0. The van der Waals surface area contributed by atoms with Gasteiger partial charge in [-0.1, -0.05) is 23.4 Å². The lowest BCUT2D eigenvalue weighted by molar-refractivity contribution is 0.373. The molecule has 2 N–H and O–H groups in total. The Hall–Kier alpha value is -2.69. The van der Waals surface area contributed by atoms with E-state index in [9.17, 15) is 0 Å². The van der Waals surface area contributed by atoms with E-state index in [0.717, 1.165) is 17.8 Å². The third-order valence-electron chi connectivity index (χ3n) is 3.15. The second-order valence-corrected chi connectivity index (χ2v) is 4.85. The second-order valence-electron chi connectivity index (χ2n) is 4.85. The van der Waals surface area contributed by atoms with Gasteiger partial charge >= 0.3 is 0 Å². The van der Waals surface area contributed by atoms with Crippen molar-refractivity contribution in [3.63, 3.8) is 0 Å². The lowest BCUT2D eigenvalue weighted by Crippen LogP contribution is -1.95. The molecule has 21 heavy (non-hydrogen) atoms. The summed E-state index contributed by atoms with van der Waals surface area (Å²) in [4.78, 5) is 8.64. The molecule has 0 amide bonds. The molecule has 0 unspecified atom stereocenters. The number of hydrogen-bond donors (Lipinski definition) is 1. The van der Waals surface area contributed by atoms with E-state index < -0.39 is 0 Å². The minimum Gasteiger partial charge on any atom is -0.399 e. The van der Waals surface area contributed by atoms with Crippen LogP contribution in [0.5, 0.6) is 0 Å². The molecule has 0 spiro atoms. The summed E-state index contributed by atoms with van der Waals surface area (Å²) in [6, 6.07) is 13.6. The average molecular weight is 280 g/mol. The van der Waals surface area contributed by atoms with Crippen LogP contribution in [0.1, 0.15) is 23.0 Å². The highest BCUT2D eigenvalue weighted by Crippen LogP contribution is 2.11. The van der Waals surface area contributed by atoms with Gasteiger partial charge in [-0.05, 0) is 36.2 Å². The SMILES string of the molecule is Nc1cccc(CCc2nc(Cc3ccccn3)no2)c1. The predicted molar refractivity (Wildman–Crippen MR) is 79.6 cm³/mol. The monoisotopic (exact) mass is 280 g/mol. The molecule has 0 aliphatic heterocycles. The number of pyridine rings is 1. The molecule has 5 nitrogen and oxygen atoms in total. The van der Waals surface area contributed by atoms with Crippen molar-refractivity contribution in [3.05, 3.63) is 71.6 Å². The van der Waals surface area contributed by atoms with E-state index in [2.05, 4.69) is 15.1 Å². The molecule has 2 aromatic heterocycles. The molecule has 0 bridgehead atoms. The van der Waals surface area contributed by atoms with Crippen LogP contribution in [-0.4, -0.2) is 15.1 Å². The van der Waals surface area contributed by atoms with Gasteiger partial charge in [0, 0.05) is 24.0 Å². The number of anilines is 1. The van der Waals surface area contributed by atoms with Crippen molar-refractivity contribution >= 4 is 5.69 Å². The lowest BCUT2D eigenvalue weighted by atomic mass is 10.1. The zero-order valence-corrected chi connectivity index (χ0v) is 11.6. The van der Waals surface area contributed by atoms with Crippen molar-refractivity contribution in [3.8, 4) is 0 Å². The van der Waals surface area contributed by atoms with Crippen LogP contribution in [0.15, 0.2) is 53.2 Å². The van der Waals surface area contributed by atoms with Gasteiger partial charge in [0.1, 0.15) is 0 Å². The maximum absolute atomic E-state index is 5.76. The number of nitrogens with zero attached hydrogens (tertiary/aromatic N) is 3. The minimum atomic E-state index is 0.586. The molecule has 3 aromatic rings. The molecule has 0 saturated heterocycles. The number of hydrogen-bond acceptors (Lipinski definition) is 5. The standard InChI is InChI=1S/C16H16N4O/c17-13-5-3-4-12(10-13)7-8-16-19-15(20-21-16)11-14-6-1-2-9-18-14/h1-6,9-10H,7-8,11,17H2. The van der Waals surface area contributed by atoms with E-state index in [0.29, 0.717) is 24.6 Å². The van der Waals surface area contributed by atoms with Gasteiger partial charge in [-0.2, -0.15) is 4.98 Å². The van der Waals surface area contributed by atoms with Crippen molar-refractivity contribution in [2.45, 2.75) is 19.3 Å². The molecule has 3 rings (SSSR count). The van der Waals surface area contributed by atoms with Crippen LogP contribution < -0.4 is 5.73 Å². The molecular weight excluding hydrogens is 264 g/mol. The lowest BCUT2D eigenvalue weighted by Gasteiger charge is -1.99. The largest absolute Gasteiger partial charge is 0.399 e. The number of benzene rings is 1. The maximum atomic E-state index is 5.76. The van der Waals surface area contributed by atoms with E-state index in [1.807, 2.05) is 42.5 Å². The number of nitrogen functional groups attached to an aromatic ring is 1. The van der Waals surface area contributed by atoms with Gasteiger partial charge in [-0.3, -0.25) is 4.98 Å². The highest BCUT2D eigenvalue weighted by atomic mass is 16.5. The van der Waals surface area contributed by atoms with Crippen LogP contribution in [0.4, 0.5) is 5.69 Å². The van der Waals surface area contributed by atoms with Crippen molar-refractivity contribution in [1.29, 1.82) is 0 Å². The summed E-state index contributed by atoms with van der Waals surface area (Å²) in [5.41, 5.74) is 8.63. The van der Waals surface area contributed by atoms with Crippen LogP contribution in [0.3, 0.4) is 0 Å². The fourth-order valence-corrected chi connectivity index (χ4v) is 2.13. The van der Waals surface area contributed by atoms with Crippen molar-refractivity contribution in [2.75, 3.05) is 5.73 Å². The summed E-state index contributed by atoms with van der Waals surface area (Å²) in [7, 11) is 0. The van der Waals surface area contributed by atoms with Gasteiger partial charge in [0.15, 0.2) is 5.82 Å². The van der Waals surface area contributed by atoms with Crippen LogP contribution in [0.2, 0.25) is 0 Å². The zero-order valence-electron chi connectivity index (χ0n) is 11.6. The number of aryl methyl sites for hydroxylation is 2. The summed E-state index contributed by atoms with van der Waals surface area (Å²) in [5.74, 6) is 1.31. The first kappa shape index (κ1) is 13.3. The van der Waals surface area contributed by atoms with Crippen LogP contribution >= 0.6 is 0 Å². The van der Waals surface area contributed by atoms with Crippen molar-refractivity contribution in [2.24, 2.45) is 0 Å². The van der Waals surface area contributed by atoms with Crippen molar-refractivity contribution < 1.29 is 4.52 Å². The van der Waals surface area contributed by atoms with E-state index >= 15 is 0 Å². The van der Waals surface area contributed by atoms with E-state index in [4.69, 9.17) is 10.3 Å². The molecule has 0 aliphatic carbocycles. The Kier molecular flexibility index (Phi) is 3.91. The van der Waals surface area contributed by atoms with Crippen LogP contribution in [0.25, 0.3) is 0 Å². The first-order valence-corrected chi connectivity index (χ1v) is 6.85. The summed E-state index contributed by atoms with van der Waals surface area (Å²) < 4.78 is 5.27. The highest BCUT2D eigenvalue weighted by Gasteiger charge is 2.08. The smallest absolute Gasteiger partial charge is 0.226 e. The Morgan fingerprint density at radius 2 is 2.00 bits per heavy atom. The fourth-order valence-electron chi connectivity index (χ4n) is 2.13. The fraction of sp³-hybridized carbons (Fsp3) is 0.188. The summed E-state index contributed by atoms with van der Waals surface area (Å²) in [5, 5.41) is 3.99. The molecule has 5 heteroatoms. The molecular formula is C16H16N4O. The van der Waals surface area contributed by atoms with Crippen LogP contribution in [0, 0.1) is 0 Å². The van der Waals surface area contributed by atoms with Gasteiger partial charge < -0.3 is 10.3 Å². The predicted octanol–water partition coefficient (Wildman–Crippen LogP) is 2.42. The molecule has 0 radical (unpaired) electrons. The van der Waals surface area contributed by atoms with Gasteiger partial charge in [0.25, 0.3) is 0 Å². The molecule has 0 saturated carbocycles. The van der Waals surface area contributed by atoms with Gasteiger partial charge in [0.2, 0.25) is 5.89 Å².